The zero-order valence-electron chi connectivity index (χ0n) is 11.5. The third-order valence-corrected chi connectivity index (χ3v) is 3.41. The summed E-state index contributed by atoms with van der Waals surface area (Å²) >= 11 is 6.13. The van der Waals surface area contributed by atoms with Crippen LogP contribution in [0.3, 0.4) is 0 Å². The Morgan fingerprint density at radius 3 is 2.19 bits per heavy atom. The van der Waals surface area contributed by atoms with Gasteiger partial charge in [0.05, 0.1) is 0 Å². The summed E-state index contributed by atoms with van der Waals surface area (Å²) in [6.45, 7) is 0. The zero-order valence-corrected chi connectivity index (χ0v) is 12.2. The largest absolute Gasteiger partial charge is 0.355 e. The number of nitrogens with one attached hydrogen (secondary N) is 2. The topological polar surface area (TPSA) is 58.2 Å². The quantitative estimate of drug-likeness (QED) is 0.853. The number of amides is 2. The van der Waals surface area contributed by atoms with E-state index in [0.717, 1.165) is 5.56 Å². The molecule has 1 unspecified atom stereocenters. The van der Waals surface area contributed by atoms with E-state index >= 15 is 0 Å². The van der Waals surface area contributed by atoms with Crippen molar-refractivity contribution in [2.45, 2.75) is 5.38 Å². The Morgan fingerprint density at radius 1 is 1.00 bits per heavy atom. The molecule has 2 aromatic carbocycles. The van der Waals surface area contributed by atoms with Crippen molar-refractivity contribution in [2.75, 3.05) is 12.4 Å². The fraction of sp³-hybridized carbons (Fsp3) is 0.125. The Bertz CT molecular complexity index is 626. The molecule has 0 spiro atoms. The maximum Gasteiger partial charge on any atom is 0.251 e. The fourth-order valence-electron chi connectivity index (χ4n) is 1.83. The highest BCUT2D eigenvalue weighted by molar-refractivity contribution is 6.32. The number of benzene rings is 2. The van der Waals surface area contributed by atoms with Gasteiger partial charge in [0.2, 0.25) is 5.91 Å². The first-order valence-electron chi connectivity index (χ1n) is 6.44. The van der Waals surface area contributed by atoms with Crippen molar-refractivity contribution >= 4 is 29.1 Å². The van der Waals surface area contributed by atoms with Gasteiger partial charge in [-0.2, -0.15) is 0 Å². The van der Waals surface area contributed by atoms with Crippen molar-refractivity contribution in [1.82, 2.24) is 5.32 Å². The predicted octanol–water partition coefficient (Wildman–Crippen LogP) is 2.96. The number of carbonyl (C=O) groups excluding carboxylic acids is 2. The van der Waals surface area contributed by atoms with Gasteiger partial charge in [-0.05, 0) is 29.8 Å². The van der Waals surface area contributed by atoms with Crippen LogP contribution in [0.5, 0.6) is 0 Å². The predicted molar refractivity (Wildman–Crippen MR) is 83.5 cm³/mol. The van der Waals surface area contributed by atoms with Crippen LogP contribution >= 0.6 is 11.6 Å². The zero-order chi connectivity index (χ0) is 15.2. The van der Waals surface area contributed by atoms with Crippen molar-refractivity contribution in [3.8, 4) is 0 Å². The minimum Gasteiger partial charge on any atom is -0.355 e. The van der Waals surface area contributed by atoms with Crippen LogP contribution in [-0.2, 0) is 4.79 Å². The summed E-state index contributed by atoms with van der Waals surface area (Å²) in [5, 5.41) is 4.50. The standard InChI is InChI=1S/C16H15ClN2O2/c1-18-15(20)12-7-9-13(10-8-12)19-16(21)14(17)11-5-3-2-4-6-11/h2-10,14H,1H3,(H,18,20)(H,19,21). The van der Waals surface area contributed by atoms with E-state index in [9.17, 15) is 9.59 Å². The molecule has 2 rings (SSSR count). The van der Waals surface area contributed by atoms with Crippen LogP contribution in [-0.4, -0.2) is 18.9 Å². The lowest BCUT2D eigenvalue weighted by Crippen LogP contribution is -2.19. The molecule has 0 bridgehead atoms. The van der Waals surface area contributed by atoms with Crippen LogP contribution in [0, 0.1) is 0 Å². The number of carbonyl (C=O) groups is 2. The van der Waals surface area contributed by atoms with E-state index in [1.54, 1.807) is 43.4 Å². The van der Waals surface area contributed by atoms with Crippen molar-refractivity contribution in [2.24, 2.45) is 0 Å². The number of hydrogen-bond acceptors (Lipinski definition) is 2. The Kier molecular flexibility index (Phi) is 4.95. The normalized spacial score (nSPS) is 11.5. The van der Waals surface area contributed by atoms with Crippen molar-refractivity contribution in [1.29, 1.82) is 0 Å². The summed E-state index contributed by atoms with van der Waals surface area (Å²) in [5.41, 5.74) is 1.86. The van der Waals surface area contributed by atoms with Crippen molar-refractivity contribution in [3.63, 3.8) is 0 Å². The van der Waals surface area contributed by atoms with Gasteiger partial charge in [0.25, 0.3) is 5.91 Å². The van der Waals surface area contributed by atoms with Crippen LogP contribution in [0.15, 0.2) is 54.6 Å². The smallest absolute Gasteiger partial charge is 0.251 e. The molecule has 108 valence electrons. The Balaban J connectivity index is 2.04. The second-order valence-electron chi connectivity index (χ2n) is 4.42. The first kappa shape index (κ1) is 15.1. The van der Waals surface area contributed by atoms with Crippen LogP contribution in [0.2, 0.25) is 0 Å². The molecule has 4 nitrogen and oxygen atoms in total. The van der Waals surface area contributed by atoms with E-state index in [-0.39, 0.29) is 11.8 Å². The van der Waals surface area contributed by atoms with Crippen LogP contribution in [0.4, 0.5) is 5.69 Å². The number of halogens is 1. The highest BCUT2D eigenvalue weighted by atomic mass is 35.5. The SMILES string of the molecule is CNC(=O)c1ccc(NC(=O)C(Cl)c2ccccc2)cc1. The summed E-state index contributed by atoms with van der Waals surface area (Å²) in [4.78, 5) is 23.5. The van der Waals surface area contributed by atoms with Crippen molar-refractivity contribution < 1.29 is 9.59 Å². The van der Waals surface area contributed by atoms with Gasteiger partial charge in [-0.15, -0.1) is 11.6 Å². The fourth-order valence-corrected chi connectivity index (χ4v) is 2.03. The third kappa shape index (κ3) is 3.83. The van der Waals surface area contributed by atoms with Gasteiger partial charge in [-0.3, -0.25) is 9.59 Å². The van der Waals surface area contributed by atoms with Gasteiger partial charge < -0.3 is 10.6 Å². The molecule has 0 aliphatic heterocycles. The van der Waals surface area contributed by atoms with Crippen LogP contribution in [0.25, 0.3) is 0 Å². The number of hydrogen-bond donors (Lipinski definition) is 2. The van der Waals surface area contributed by atoms with E-state index in [0.29, 0.717) is 11.3 Å². The molecule has 0 radical (unpaired) electrons. The Hall–Kier alpha value is -2.33. The molecule has 2 amide bonds. The van der Waals surface area contributed by atoms with Gasteiger partial charge in [0.1, 0.15) is 5.38 Å². The minimum atomic E-state index is -0.759. The number of alkyl halides is 1. The number of rotatable bonds is 4. The van der Waals surface area contributed by atoms with E-state index in [2.05, 4.69) is 10.6 Å². The Morgan fingerprint density at radius 2 is 1.62 bits per heavy atom. The maximum atomic E-state index is 12.1. The molecule has 2 N–H and O–H groups in total. The second-order valence-corrected chi connectivity index (χ2v) is 4.86. The monoisotopic (exact) mass is 302 g/mol. The molecule has 0 aliphatic rings. The maximum absolute atomic E-state index is 12.1. The summed E-state index contributed by atoms with van der Waals surface area (Å²) in [5.74, 6) is -0.483. The summed E-state index contributed by atoms with van der Waals surface area (Å²) in [6.07, 6.45) is 0. The second kappa shape index (κ2) is 6.90. The van der Waals surface area contributed by atoms with E-state index in [1.165, 1.54) is 0 Å². The molecule has 0 fully saturated rings. The van der Waals surface area contributed by atoms with E-state index in [4.69, 9.17) is 11.6 Å². The van der Waals surface area contributed by atoms with Crippen molar-refractivity contribution in [3.05, 3.63) is 65.7 Å². The van der Waals surface area contributed by atoms with Gasteiger partial charge in [0, 0.05) is 18.3 Å². The first-order valence-corrected chi connectivity index (χ1v) is 6.87. The molecule has 0 saturated carbocycles. The first-order chi connectivity index (χ1) is 10.1. The highest BCUT2D eigenvalue weighted by Crippen LogP contribution is 2.22. The minimum absolute atomic E-state index is 0.174. The average molecular weight is 303 g/mol. The third-order valence-electron chi connectivity index (χ3n) is 2.96. The van der Waals surface area contributed by atoms with Gasteiger partial charge in [0.15, 0.2) is 0 Å². The molecule has 0 saturated heterocycles. The lowest BCUT2D eigenvalue weighted by atomic mass is 10.1. The summed E-state index contributed by atoms with van der Waals surface area (Å²) < 4.78 is 0. The van der Waals surface area contributed by atoms with E-state index in [1.807, 2.05) is 18.2 Å². The molecular formula is C16H15ClN2O2. The Labute approximate surface area is 128 Å². The molecule has 1 atom stereocenters. The molecule has 21 heavy (non-hydrogen) atoms. The summed E-state index contributed by atoms with van der Waals surface area (Å²) in [6, 6.07) is 15.7. The lowest BCUT2D eigenvalue weighted by molar-refractivity contribution is -0.116. The molecule has 0 heterocycles. The van der Waals surface area contributed by atoms with Gasteiger partial charge in [-0.25, -0.2) is 0 Å². The molecule has 0 aromatic heterocycles. The molecular weight excluding hydrogens is 288 g/mol. The molecule has 0 aliphatic carbocycles. The highest BCUT2D eigenvalue weighted by Gasteiger charge is 2.17. The average Bonchev–Trinajstić information content (AvgIpc) is 2.55. The molecule has 5 heteroatoms. The lowest BCUT2D eigenvalue weighted by Gasteiger charge is -2.11. The van der Waals surface area contributed by atoms with Crippen LogP contribution < -0.4 is 10.6 Å². The molecule has 2 aromatic rings. The van der Waals surface area contributed by atoms with Gasteiger partial charge in [-0.1, -0.05) is 30.3 Å². The number of anilines is 1. The summed E-state index contributed by atoms with van der Waals surface area (Å²) in [7, 11) is 1.57. The van der Waals surface area contributed by atoms with Gasteiger partial charge >= 0.3 is 0 Å². The van der Waals surface area contributed by atoms with E-state index < -0.39 is 5.38 Å². The van der Waals surface area contributed by atoms with Crippen LogP contribution in [0.1, 0.15) is 21.3 Å².